The first-order chi connectivity index (χ1) is 7.75. The lowest BCUT2D eigenvalue weighted by molar-refractivity contribution is 0.405. The molecule has 0 unspecified atom stereocenters. The third-order valence-corrected chi connectivity index (χ3v) is 4.23. The Morgan fingerprint density at radius 3 is 2.62 bits per heavy atom. The number of halogens is 1. The average molecular weight is 260 g/mol. The Morgan fingerprint density at radius 2 is 2.00 bits per heavy atom. The first-order valence-corrected chi connectivity index (χ1v) is 7.02. The van der Waals surface area contributed by atoms with Gasteiger partial charge in [-0.15, -0.1) is 0 Å². The molecule has 1 fully saturated rings. The van der Waals surface area contributed by atoms with Crippen LogP contribution in [0.3, 0.4) is 0 Å². The maximum atomic E-state index is 11.9. The van der Waals surface area contributed by atoms with Gasteiger partial charge in [0, 0.05) is 5.75 Å². The molecule has 0 amide bonds. The Balaban J connectivity index is 1.94. The van der Waals surface area contributed by atoms with Gasteiger partial charge >= 0.3 is 0 Å². The van der Waals surface area contributed by atoms with Crippen LogP contribution in [0.1, 0.15) is 12.8 Å². The molecule has 1 aliphatic rings. The zero-order valence-corrected chi connectivity index (χ0v) is 10.4. The van der Waals surface area contributed by atoms with Gasteiger partial charge in [0.05, 0.1) is 28.2 Å². The molecule has 0 saturated carbocycles. The fourth-order valence-electron chi connectivity index (χ4n) is 1.75. The lowest BCUT2D eigenvalue weighted by Gasteiger charge is -2.21. The summed E-state index contributed by atoms with van der Waals surface area (Å²) >= 11 is 5.68. The number of rotatable bonds is 3. The summed E-state index contributed by atoms with van der Waals surface area (Å²) in [5.41, 5.74) is 0. The Morgan fingerprint density at radius 1 is 1.38 bits per heavy atom. The summed E-state index contributed by atoms with van der Waals surface area (Å²) < 4.78 is 11.9. The monoisotopic (exact) mass is 259 g/mol. The van der Waals surface area contributed by atoms with E-state index in [2.05, 4.69) is 15.3 Å². The molecule has 6 heteroatoms. The summed E-state index contributed by atoms with van der Waals surface area (Å²) in [5.74, 6) is 1.17. The highest BCUT2D eigenvalue weighted by atomic mass is 35.5. The molecule has 0 aromatic carbocycles. The van der Waals surface area contributed by atoms with Crippen LogP contribution in [0.15, 0.2) is 17.6 Å². The molecule has 1 aromatic rings. The van der Waals surface area contributed by atoms with E-state index in [-0.39, 0.29) is 0 Å². The maximum Gasteiger partial charge on any atom is 0.218 e. The standard InChI is InChI=1S/C10H14ClN3OS/c11-9-5-13-10(14-6-9)16(15)7-8-1-3-12-4-2-8/h5-6,8,12H,1-4,7H2/t16-/m1/s1. The first-order valence-electron chi connectivity index (χ1n) is 5.32. The number of hydrogen-bond donors (Lipinski definition) is 1. The van der Waals surface area contributed by atoms with Crippen LogP contribution < -0.4 is 5.32 Å². The van der Waals surface area contributed by atoms with Crippen molar-refractivity contribution in [2.75, 3.05) is 18.8 Å². The zero-order chi connectivity index (χ0) is 11.4. The molecule has 2 heterocycles. The molecule has 0 radical (unpaired) electrons. The van der Waals surface area contributed by atoms with Gasteiger partial charge in [0.15, 0.2) is 0 Å². The highest BCUT2D eigenvalue weighted by Gasteiger charge is 2.18. The Bertz CT molecular complexity index is 365. The van der Waals surface area contributed by atoms with Crippen LogP contribution in [0.4, 0.5) is 0 Å². The van der Waals surface area contributed by atoms with Crippen molar-refractivity contribution >= 4 is 22.4 Å². The van der Waals surface area contributed by atoms with Gasteiger partial charge in [0.1, 0.15) is 0 Å². The minimum Gasteiger partial charge on any atom is -0.317 e. The van der Waals surface area contributed by atoms with Crippen LogP contribution in [-0.2, 0) is 10.8 Å². The van der Waals surface area contributed by atoms with E-state index in [0.717, 1.165) is 25.9 Å². The number of nitrogens with one attached hydrogen (secondary N) is 1. The highest BCUT2D eigenvalue weighted by Crippen LogP contribution is 2.15. The van der Waals surface area contributed by atoms with Gasteiger partial charge in [0.25, 0.3) is 0 Å². The second-order valence-corrected chi connectivity index (χ2v) is 5.72. The molecule has 4 nitrogen and oxygen atoms in total. The van der Waals surface area contributed by atoms with Crippen LogP contribution in [0.5, 0.6) is 0 Å². The van der Waals surface area contributed by atoms with Crippen molar-refractivity contribution in [3.63, 3.8) is 0 Å². The van der Waals surface area contributed by atoms with Gasteiger partial charge in [-0.05, 0) is 31.8 Å². The lowest BCUT2D eigenvalue weighted by atomic mass is 10.0. The largest absolute Gasteiger partial charge is 0.317 e. The van der Waals surface area contributed by atoms with Crippen molar-refractivity contribution in [2.24, 2.45) is 5.92 Å². The summed E-state index contributed by atoms with van der Waals surface area (Å²) in [6.45, 7) is 2.03. The molecule has 0 spiro atoms. The highest BCUT2D eigenvalue weighted by molar-refractivity contribution is 7.84. The topological polar surface area (TPSA) is 54.9 Å². The predicted octanol–water partition coefficient (Wildman–Crippen LogP) is 1.24. The lowest BCUT2D eigenvalue weighted by Crippen LogP contribution is -2.30. The van der Waals surface area contributed by atoms with E-state index in [1.165, 1.54) is 12.4 Å². The predicted molar refractivity (Wildman–Crippen MR) is 63.9 cm³/mol. The molecule has 88 valence electrons. The molecule has 1 saturated heterocycles. The van der Waals surface area contributed by atoms with Crippen molar-refractivity contribution in [1.82, 2.24) is 15.3 Å². The van der Waals surface area contributed by atoms with Crippen molar-refractivity contribution in [2.45, 2.75) is 18.0 Å². The molecule has 1 aliphatic heterocycles. The van der Waals surface area contributed by atoms with Gasteiger partial charge in [0.2, 0.25) is 5.16 Å². The second kappa shape index (κ2) is 5.70. The van der Waals surface area contributed by atoms with Gasteiger partial charge in [-0.25, -0.2) is 9.97 Å². The van der Waals surface area contributed by atoms with Crippen molar-refractivity contribution < 1.29 is 4.21 Å². The fraction of sp³-hybridized carbons (Fsp3) is 0.600. The van der Waals surface area contributed by atoms with Gasteiger partial charge in [-0.3, -0.25) is 4.21 Å². The van der Waals surface area contributed by atoms with Crippen molar-refractivity contribution in [3.8, 4) is 0 Å². The molecule has 1 atom stereocenters. The SMILES string of the molecule is O=[S@](CC1CCNCC1)c1ncc(Cl)cn1. The van der Waals surface area contributed by atoms with Gasteiger partial charge in [-0.2, -0.15) is 0 Å². The summed E-state index contributed by atoms with van der Waals surface area (Å²) in [4.78, 5) is 7.97. The summed E-state index contributed by atoms with van der Waals surface area (Å²) in [6, 6.07) is 0. The van der Waals surface area contributed by atoms with Crippen molar-refractivity contribution in [1.29, 1.82) is 0 Å². The van der Waals surface area contributed by atoms with E-state index in [4.69, 9.17) is 11.6 Å². The minimum absolute atomic E-state index is 0.392. The van der Waals surface area contributed by atoms with Gasteiger partial charge < -0.3 is 5.32 Å². The van der Waals surface area contributed by atoms with E-state index in [0.29, 0.717) is 21.8 Å². The molecule has 1 N–H and O–H groups in total. The Labute approximate surface area is 102 Å². The number of piperidine rings is 1. The van der Waals surface area contributed by atoms with Gasteiger partial charge in [-0.1, -0.05) is 11.6 Å². The van der Waals surface area contributed by atoms with E-state index in [9.17, 15) is 4.21 Å². The third-order valence-electron chi connectivity index (χ3n) is 2.65. The molecule has 2 rings (SSSR count). The summed E-state index contributed by atoms with van der Waals surface area (Å²) in [5, 5.41) is 4.15. The normalized spacial score (nSPS) is 19.6. The first kappa shape index (κ1) is 12.0. The average Bonchev–Trinajstić information content (AvgIpc) is 2.31. The summed E-state index contributed by atoms with van der Waals surface area (Å²) in [6.07, 6.45) is 5.15. The van der Waals surface area contributed by atoms with E-state index < -0.39 is 10.8 Å². The molecule has 1 aromatic heterocycles. The molecule has 0 aliphatic carbocycles. The van der Waals surface area contributed by atoms with Crippen LogP contribution in [0.2, 0.25) is 5.02 Å². The number of nitrogens with zero attached hydrogens (tertiary/aromatic N) is 2. The number of aromatic nitrogens is 2. The van der Waals surface area contributed by atoms with Crippen LogP contribution in [0.25, 0.3) is 0 Å². The molecule has 16 heavy (non-hydrogen) atoms. The van der Waals surface area contributed by atoms with E-state index in [1.54, 1.807) is 0 Å². The van der Waals surface area contributed by atoms with Crippen LogP contribution in [0, 0.1) is 5.92 Å². The van der Waals surface area contributed by atoms with E-state index >= 15 is 0 Å². The third kappa shape index (κ3) is 3.23. The molecule has 0 bridgehead atoms. The quantitative estimate of drug-likeness (QED) is 0.830. The molecular weight excluding hydrogens is 246 g/mol. The minimum atomic E-state index is -1.10. The van der Waals surface area contributed by atoms with Crippen LogP contribution >= 0.6 is 11.6 Å². The van der Waals surface area contributed by atoms with Crippen molar-refractivity contribution in [3.05, 3.63) is 17.4 Å². The number of hydrogen-bond acceptors (Lipinski definition) is 4. The Hall–Kier alpha value is -0.520. The molecular formula is C10H14ClN3OS. The summed E-state index contributed by atoms with van der Waals surface area (Å²) in [7, 11) is -1.10. The maximum absolute atomic E-state index is 11.9. The Kier molecular flexibility index (Phi) is 4.26. The van der Waals surface area contributed by atoms with E-state index in [1.807, 2.05) is 0 Å². The second-order valence-electron chi connectivity index (χ2n) is 3.89. The van der Waals surface area contributed by atoms with Crippen LogP contribution in [-0.4, -0.2) is 33.0 Å². The fourth-order valence-corrected chi connectivity index (χ4v) is 3.10. The zero-order valence-electron chi connectivity index (χ0n) is 8.86. The smallest absolute Gasteiger partial charge is 0.218 e.